The van der Waals surface area contributed by atoms with E-state index in [1.54, 1.807) is 0 Å². The number of rotatable bonds is 14. The van der Waals surface area contributed by atoms with Crippen LogP contribution < -0.4 is 0 Å². The first-order valence-electron chi connectivity index (χ1n) is 28.6. The number of fused-ring (bicyclic) bond motifs is 7. The van der Waals surface area contributed by atoms with Gasteiger partial charge in [-0.15, -0.1) is 0 Å². The topological polar surface area (TPSA) is 438 Å². The summed E-state index contributed by atoms with van der Waals surface area (Å²) >= 11 is 0. The molecule has 472 valence electrons. The van der Waals surface area contributed by atoms with Gasteiger partial charge in [-0.2, -0.15) is 8.42 Å². The van der Waals surface area contributed by atoms with E-state index in [0.717, 1.165) is 12.0 Å². The molecule has 4 heterocycles. The van der Waals surface area contributed by atoms with Gasteiger partial charge in [-0.25, -0.2) is 4.18 Å². The third-order valence-electron chi connectivity index (χ3n) is 21.6. The summed E-state index contributed by atoms with van der Waals surface area (Å²) in [4.78, 5) is 15.2. The Morgan fingerprint density at radius 1 is 0.585 bits per heavy atom. The first kappa shape index (κ1) is 64.7. The van der Waals surface area contributed by atoms with Crippen LogP contribution >= 0.6 is 0 Å². The van der Waals surface area contributed by atoms with Crippen LogP contribution in [0.15, 0.2) is 11.6 Å². The van der Waals surface area contributed by atoms with Crippen LogP contribution in [0.1, 0.15) is 106 Å². The lowest BCUT2D eigenvalue weighted by atomic mass is 9.33. The normalized spacial score (nSPS) is 52.0. The summed E-state index contributed by atoms with van der Waals surface area (Å²) < 4.78 is 85.1. The molecule has 0 spiro atoms. The largest absolute Gasteiger partial charge is 0.432 e. The SMILES string of the molecule is CC1(C)CC[C@@]2(C(=O)O[C@@H]3O[C@H](CO[C@@H]4O[C@H](CO)[C@@H](O)[C@H](O)[C@H]4O[C@@H]4O[C@H](CO[C@@H]5O[C@H](CO)[C@@H](O)[C@H](O)[C@H]5O)[C@@H](O)[C@H](O)[C@H]4O)[C@@H](O)[C@H](O)[C@H]3O)[C@H](O)C[C@]3(C)C(=CC[C@@H]4[C@@]5(C)CC[C@H](OS(=O)(=O)O)C(C)(C)[C@@H]5CC[C@]43C)[C@H]2C1. The van der Waals surface area contributed by atoms with E-state index in [4.69, 9.17) is 42.1 Å². The van der Waals surface area contributed by atoms with Crippen LogP contribution in [0.5, 0.6) is 0 Å². The number of aliphatic hydroxyl groups is 14. The molecule has 9 aliphatic rings. The Balaban J connectivity index is 0.916. The highest BCUT2D eigenvalue weighted by molar-refractivity contribution is 7.80. The van der Waals surface area contributed by atoms with Crippen LogP contribution in [0.3, 0.4) is 0 Å². The zero-order valence-electron chi connectivity index (χ0n) is 47.2. The molecule has 0 aromatic carbocycles. The lowest BCUT2D eigenvalue weighted by Crippen LogP contribution is -2.68. The number of hydrogen-bond acceptors (Lipinski definition) is 26. The Morgan fingerprint density at radius 2 is 1.10 bits per heavy atom. The van der Waals surface area contributed by atoms with Crippen LogP contribution in [0.2, 0.25) is 0 Å². The summed E-state index contributed by atoms with van der Waals surface area (Å²) in [6, 6.07) is 0. The first-order chi connectivity index (χ1) is 38.1. The van der Waals surface area contributed by atoms with Crippen molar-refractivity contribution >= 4 is 16.4 Å². The molecule has 0 aromatic rings. The molecule has 15 N–H and O–H groups in total. The Labute approximate surface area is 475 Å². The van der Waals surface area contributed by atoms with Gasteiger partial charge in [0, 0.05) is 0 Å². The van der Waals surface area contributed by atoms with Crippen molar-refractivity contribution in [2.75, 3.05) is 26.4 Å². The molecule has 0 radical (unpaired) electrons. The molecular formula is C54H88O27S. The van der Waals surface area contributed by atoms with Crippen molar-refractivity contribution in [3.8, 4) is 0 Å². The van der Waals surface area contributed by atoms with Gasteiger partial charge in [0.2, 0.25) is 6.29 Å². The van der Waals surface area contributed by atoms with Crippen molar-refractivity contribution in [1.82, 2.24) is 0 Å². The third-order valence-corrected chi connectivity index (χ3v) is 22.1. The van der Waals surface area contributed by atoms with Crippen molar-refractivity contribution in [2.24, 2.45) is 50.2 Å². The molecule has 28 heteroatoms. The lowest BCUT2D eigenvalue weighted by molar-refractivity contribution is -0.376. The predicted octanol–water partition coefficient (Wildman–Crippen LogP) is -3.24. The van der Waals surface area contributed by atoms with E-state index in [0.29, 0.717) is 38.5 Å². The van der Waals surface area contributed by atoms with Gasteiger partial charge in [0.1, 0.15) is 103 Å². The second-order valence-electron chi connectivity index (χ2n) is 27.0. The summed E-state index contributed by atoms with van der Waals surface area (Å²) in [5, 5.41) is 152. The number of carbonyl (C=O) groups excluding carboxylic acids is 1. The Kier molecular flexibility index (Phi) is 18.4. The van der Waals surface area contributed by atoms with Gasteiger partial charge in [-0.3, -0.25) is 9.35 Å². The minimum Gasteiger partial charge on any atom is -0.432 e. The van der Waals surface area contributed by atoms with Gasteiger partial charge in [-0.1, -0.05) is 60.1 Å². The smallest absolute Gasteiger partial charge is 0.397 e. The summed E-state index contributed by atoms with van der Waals surface area (Å²) in [6.07, 6.45) is -32.4. The molecule has 0 aromatic heterocycles. The fourth-order valence-corrected chi connectivity index (χ4v) is 17.3. The molecule has 9 rings (SSSR count). The van der Waals surface area contributed by atoms with E-state index < -0.39 is 205 Å². The van der Waals surface area contributed by atoms with E-state index in [-0.39, 0.29) is 35.5 Å². The third kappa shape index (κ3) is 11.0. The van der Waals surface area contributed by atoms with E-state index in [1.165, 1.54) is 0 Å². The maximum atomic E-state index is 15.2. The summed E-state index contributed by atoms with van der Waals surface area (Å²) in [5.41, 5.74) is -2.82. The van der Waals surface area contributed by atoms with E-state index in [9.17, 15) is 84.5 Å². The standard InChI is InChI=1S/C54H88O27S/c1-49(2)14-15-54(23(16-49)22-8-9-29-51(5)12-11-31(81-82(70,71)72)50(3,4)28(51)10-13-52(29,6)53(22,7)17-30(54)57)48(69)80-46-42(68)38(64)35(61)27(78-46)21-74-47-43(39(65)33(59)25(19-56)76-47)79-45-41(67)37(63)34(60)26(77-45)20-73-44-40(66)36(62)32(58)24(18-55)75-44/h8,23-47,55-68H,9-21H2,1-7H3,(H,70,71,72)/t23-,24-,25-,26-,27-,28+,29-,30-,31+,32-,33-,34-,35-,36+,37+,38+,39+,40-,41-,42-,43-,44-,45+,46+,47-,51+,52-,53-,54+/m1/s1. The predicted molar refractivity (Wildman–Crippen MR) is 275 cm³/mol. The number of allylic oxidation sites excluding steroid dienone is 2. The van der Waals surface area contributed by atoms with Gasteiger partial charge >= 0.3 is 16.4 Å². The summed E-state index contributed by atoms with van der Waals surface area (Å²) in [5.74, 6) is -1.37. The highest BCUT2D eigenvalue weighted by Gasteiger charge is 2.72. The molecule has 4 aliphatic heterocycles. The fourth-order valence-electron chi connectivity index (χ4n) is 16.6. The second kappa shape index (κ2) is 23.3. The summed E-state index contributed by atoms with van der Waals surface area (Å²) in [7, 11) is -4.71. The lowest BCUT2D eigenvalue weighted by Gasteiger charge is -2.71. The number of aliphatic hydroxyl groups excluding tert-OH is 14. The highest BCUT2D eigenvalue weighted by Crippen LogP contribution is 2.76. The van der Waals surface area contributed by atoms with Gasteiger partial charge < -0.3 is 109 Å². The molecule has 0 unspecified atom stereocenters. The molecule has 8 fully saturated rings. The van der Waals surface area contributed by atoms with Crippen LogP contribution in [0.25, 0.3) is 0 Å². The van der Waals surface area contributed by atoms with Crippen LogP contribution in [0.4, 0.5) is 0 Å². The molecule has 82 heavy (non-hydrogen) atoms. The number of esters is 1. The van der Waals surface area contributed by atoms with E-state index in [2.05, 4.69) is 40.7 Å². The summed E-state index contributed by atoms with van der Waals surface area (Å²) in [6.45, 7) is 11.6. The maximum Gasteiger partial charge on any atom is 0.397 e. The van der Waals surface area contributed by atoms with Crippen molar-refractivity contribution in [3.05, 3.63) is 11.6 Å². The van der Waals surface area contributed by atoms with Crippen LogP contribution in [0, 0.1) is 50.2 Å². The van der Waals surface area contributed by atoms with Crippen molar-refractivity contribution < 1.29 is 131 Å². The molecule has 27 nitrogen and oxygen atoms in total. The zero-order valence-corrected chi connectivity index (χ0v) is 48.0. The Bertz CT molecular complexity index is 2410. The van der Waals surface area contributed by atoms with E-state index in [1.807, 2.05) is 13.8 Å². The fraction of sp³-hybridized carbons (Fsp3) is 0.944. The molecule has 4 saturated carbocycles. The van der Waals surface area contributed by atoms with Gasteiger partial charge in [-0.05, 0) is 103 Å². The monoisotopic (exact) mass is 1200 g/mol. The van der Waals surface area contributed by atoms with Gasteiger partial charge in [0.25, 0.3) is 0 Å². The average molecular weight is 1200 g/mol. The molecule has 5 aliphatic carbocycles. The minimum absolute atomic E-state index is 0.0237. The maximum absolute atomic E-state index is 15.2. The Morgan fingerprint density at radius 3 is 1.68 bits per heavy atom. The van der Waals surface area contributed by atoms with Crippen LogP contribution in [-0.2, 0) is 57.3 Å². The molecule has 0 amide bonds. The molecule has 4 saturated heterocycles. The van der Waals surface area contributed by atoms with Crippen molar-refractivity contribution in [2.45, 2.75) is 241 Å². The number of hydrogen-bond donors (Lipinski definition) is 15. The first-order valence-corrected chi connectivity index (χ1v) is 29.9. The van der Waals surface area contributed by atoms with Gasteiger partial charge in [0.15, 0.2) is 18.9 Å². The van der Waals surface area contributed by atoms with Crippen molar-refractivity contribution in [1.29, 1.82) is 0 Å². The van der Waals surface area contributed by atoms with Gasteiger partial charge in [0.05, 0.1) is 38.6 Å². The van der Waals surface area contributed by atoms with Crippen molar-refractivity contribution in [3.63, 3.8) is 0 Å². The molecule has 29 atom stereocenters. The quantitative estimate of drug-likeness (QED) is 0.0462. The molecular weight excluding hydrogens is 1110 g/mol. The minimum atomic E-state index is -4.71. The number of carbonyl (C=O) groups is 1. The zero-order chi connectivity index (χ0) is 60.4. The highest BCUT2D eigenvalue weighted by atomic mass is 32.3. The second-order valence-corrected chi connectivity index (χ2v) is 28.0. The Hall–Kier alpha value is -1.76. The van der Waals surface area contributed by atoms with Crippen LogP contribution in [-0.4, -0.2) is 252 Å². The average Bonchev–Trinajstić information content (AvgIpc) is 0.731. The van der Waals surface area contributed by atoms with E-state index >= 15 is 4.79 Å². The molecule has 0 bridgehead atoms. The number of ether oxygens (including phenoxy) is 8.